The number of carbonyl (C=O) groups excluding carboxylic acids is 1. The minimum Gasteiger partial charge on any atom is -0.496 e. The molecule has 134 valence electrons. The third kappa shape index (κ3) is 3.13. The molecule has 1 amide bonds. The molecule has 0 bridgehead atoms. The topological polar surface area (TPSA) is 92.3 Å². The molecular weight excluding hydrogens is 344 g/mol. The average Bonchev–Trinajstić information content (AvgIpc) is 3.16. The van der Waals surface area contributed by atoms with E-state index in [1.165, 1.54) is 0 Å². The maximum absolute atomic E-state index is 12.5. The number of amides is 1. The molecule has 1 fully saturated rings. The minimum atomic E-state index is -0.104. The van der Waals surface area contributed by atoms with Crippen molar-refractivity contribution in [2.24, 2.45) is 0 Å². The summed E-state index contributed by atoms with van der Waals surface area (Å²) in [4.78, 5) is 18.7. The highest BCUT2D eigenvalue weighted by Crippen LogP contribution is 2.31. The van der Waals surface area contributed by atoms with Gasteiger partial charge in [0.2, 0.25) is 11.7 Å². The predicted molar refractivity (Wildman–Crippen MR) is 96.1 cm³/mol. The van der Waals surface area contributed by atoms with E-state index in [0.29, 0.717) is 41.7 Å². The van der Waals surface area contributed by atoms with Crippen LogP contribution in [-0.2, 0) is 0 Å². The molecule has 1 aromatic heterocycles. The van der Waals surface area contributed by atoms with E-state index >= 15 is 0 Å². The first kappa shape index (κ1) is 16.8. The molecule has 7 heteroatoms. The maximum Gasteiger partial charge on any atom is 0.253 e. The number of aromatic nitrogens is 2. The first-order chi connectivity index (χ1) is 13.2. The SMILES string of the molecule is COc1ccccc1-c1noc(C2CN(C(=O)c3cccc(C#N)c3)C2)n1. The molecule has 3 aromatic rings. The molecule has 27 heavy (non-hydrogen) atoms. The molecule has 2 aromatic carbocycles. The lowest BCUT2D eigenvalue weighted by Crippen LogP contribution is -2.48. The third-order valence-corrected chi connectivity index (χ3v) is 4.55. The van der Waals surface area contributed by atoms with E-state index in [9.17, 15) is 4.79 Å². The molecule has 0 radical (unpaired) electrons. The summed E-state index contributed by atoms with van der Waals surface area (Å²) < 4.78 is 10.7. The Morgan fingerprint density at radius 3 is 2.85 bits per heavy atom. The zero-order valence-corrected chi connectivity index (χ0v) is 14.6. The van der Waals surface area contributed by atoms with E-state index in [1.54, 1.807) is 36.3 Å². The van der Waals surface area contributed by atoms with Gasteiger partial charge in [0.05, 0.1) is 30.2 Å². The smallest absolute Gasteiger partial charge is 0.253 e. The van der Waals surface area contributed by atoms with Gasteiger partial charge in [-0.3, -0.25) is 4.79 Å². The summed E-state index contributed by atoms with van der Waals surface area (Å²) in [6, 6.07) is 16.2. The van der Waals surface area contributed by atoms with E-state index < -0.39 is 0 Å². The van der Waals surface area contributed by atoms with Gasteiger partial charge < -0.3 is 14.2 Å². The number of hydrogen-bond donors (Lipinski definition) is 0. The molecule has 1 aliphatic heterocycles. The number of ether oxygens (including phenoxy) is 1. The van der Waals surface area contributed by atoms with Gasteiger partial charge in [0.1, 0.15) is 5.75 Å². The monoisotopic (exact) mass is 360 g/mol. The Kier molecular flexibility index (Phi) is 4.30. The van der Waals surface area contributed by atoms with Crippen molar-refractivity contribution in [3.8, 4) is 23.2 Å². The average molecular weight is 360 g/mol. The van der Waals surface area contributed by atoms with Gasteiger partial charge in [0.15, 0.2) is 0 Å². The molecule has 4 rings (SSSR count). The van der Waals surface area contributed by atoms with E-state index in [-0.39, 0.29) is 11.8 Å². The van der Waals surface area contributed by atoms with E-state index in [4.69, 9.17) is 14.5 Å². The largest absolute Gasteiger partial charge is 0.496 e. The second-order valence-electron chi connectivity index (χ2n) is 6.26. The lowest BCUT2D eigenvalue weighted by molar-refractivity contribution is 0.0569. The summed E-state index contributed by atoms with van der Waals surface area (Å²) in [5.74, 6) is 1.55. The first-order valence-electron chi connectivity index (χ1n) is 8.46. The van der Waals surface area contributed by atoms with Crippen molar-refractivity contribution in [1.29, 1.82) is 5.26 Å². The molecule has 0 spiro atoms. The zero-order chi connectivity index (χ0) is 18.8. The van der Waals surface area contributed by atoms with Crippen LogP contribution in [0.1, 0.15) is 27.7 Å². The van der Waals surface area contributed by atoms with Gasteiger partial charge in [-0.25, -0.2) is 0 Å². The molecule has 0 saturated carbocycles. The number of rotatable bonds is 4. The quantitative estimate of drug-likeness (QED) is 0.710. The second kappa shape index (κ2) is 6.92. The number of carbonyl (C=O) groups is 1. The van der Waals surface area contributed by atoms with E-state index in [0.717, 1.165) is 5.56 Å². The summed E-state index contributed by atoms with van der Waals surface area (Å²) in [6.07, 6.45) is 0. The number of para-hydroxylation sites is 1. The van der Waals surface area contributed by atoms with Crippen LogP contribution in [0.4, 0.5) is 0 Å². The van der Waals surface area contributed by atoms with Crippen molar-refractivity contribution in [2.45, 2.75) is 5.92 Å². The Hall–Kier alpha value is -3.66. The van der Waals surface area contributed by atoms with E-state index in [2.05, 4.69) is 10.1 Å². The van der Waals surface area contributed by atoms with Gasteiger partial charge in [0.25, 0.3) is 5.91 Å². The predicted octanol–water partition coefficient (Wildman–Crippen LogP) is 2.86. The standard InChI is InChI=1S/C20H16N4O3/c1-26-17-8-3-2-7-16(17)18-22-19(27-23-18)15-11-24(12-15)20(25)14-6-4-5-13(9-14)10-21/h2-9,15H,11-12H2,1H3. The molecule has 2 heterocycles. The molecule has 1 saturated heterocycles. The number of nitrogens with zero attached hydrogens (tertiary/aromatic N) is 4. The Balaban J connectivity index is 1.45. The van der Waals surface area contributed by atoms with Crippen molar-refractivity contribution in [3.63, 3.8) is 0 Å². The Bertz CT molecular complexity index is 1030. The number of methoxy groups -OCH3 is 1. The molecule has 1 aliphatic rings. The Labute approximate surface area is 155 Å². The van der Waals surface area contributed by atoms with Crippen LogP contribution in [0.25, 0.3) is 11.4 Å². The fraction of sp³-hybridized carbons (Fsp3) is 0.200. The highest BCUT2D eigenvalue weighted by molar-refractivity contribution is 5.95. The van der Waals surface area contributed by atoms with Crippen molar-refractivity contribution < 1.29 is 14.1 Å². The van der Waals surface area contributed by atoms with Gasteiger partial charge in [-0.2, -0.15) is 10.2 Å². The van der Waals surface area contributed by atoms with Crippen molar-refractivity contribution in [3.05, 3.63) is 65.5 Å². The van der Waals surface area contributed by atoms with Gasteiger partial charge in [-0.15, -0.1) is 0 Å². The summed E-state index contributed by atoms with van der Waals surface area (Å²) in [5, 5.41) is 13.0. The molecule has 0 unspecified atom stereocenters. The van der Waals surface area contributed by atoms with Gasteiger partial charge in [-0.1, -0.05) is 23.4 Å². The van der Waals surface area contributed by atoms with Crippen molar-refractivity contribution in [1.82, 2.24) is 15.0 Å². The lowest BCUT2D eigenvalue weighted by atomic mass is 9.98. The number of benzene rings is 2. The highest BCUT2D eigenvalue weighted by atomic mass is 16.5. The van der Waals surface area contributed by atoms with Crippen LogP contribution in [0.3, 0.4) is 0 Å². The summed E-state index contributed by atoms with van der Waals surface area (Å²) in [6.45, 7) is 1.01. The number of likely N-dealkylation sites (tertiary alicyclic amines) is 1. The van der Waals surface area contributed by atoms with Crippen LogP contribution >= 0.6 is 0 Å². The Morgan fingerprint density at radius 2 is 2.07 bits per heavy atom. The Morgan fingerprint density at radius 1 is 1.26 bits per heavy atom. The normalized spacial score (nSPS) is 13.7. The molecular formula is C20H16N4O3. The fourth-order valence-corrected chi connectivity index (χ4v) is 3.04. The van der Waals surface area contributed by atoms with Crippen molar-refractivity contribution in [2.75, 3.05) is 20.2 Å². The number of nitriles is 1. The van der Waals surface area contributed by atoms with Crippen LogP contribution < -0.4 is 4.74 Å². The van der Waals surface area contributed by atoms with E-state index in [1.807, 2.05) is 30.3 Å². The fourth-order valence-electron chi connectivity index (χ4n) is 3.04. The second-order valence-corrected chi connectivity index (χ2v) is 6.26. The number of hydrogen-bond acceptors (Lipinski definition) is 6. The molecule has 0 aliphatic carbocycles. The molecule has 7 nitrogen and oxygen atoms in total. The van der Waals surface area contributed by atoms with Crippen LogP contribution in [0.2, 0.25) is 0 Å². The lowest BCUT2D eigenvalue weighted by Gasteiger charge is -2.37. The summed E-state index contributed by atoms with van der Waals surface area (Å²) >= 11 is 0. The molecule has 0 atom stereocenters. The molecule has 0 N–H and O–H groups in total. The third-order valence-electron chi connectivity index (χ3n) is 4.55. The van der Waals surface area contributed by atoms with Crippen LogP contribution in [0, 0.1) is 11.3 Å². The minimum absolute atomic E-state index is 0.00376. The maximum atomic E-state index is 12.5. The van der Waals surface area contributed by atoms with Gasteiger partial charge >= 0.3 is 0 Å². The first-order valence-corrected chi connectivity index (χ1v) is 8.46. The zero-order valence-electron chi connectivity index (χ0n) is 14.6. The van der Waals surface area contributed by atoms with Crippen LogP contribution in [0.15, 0.2) is 53.1 Å². The highest BCUT2D eigenvalue weighted by Gasteiger charge is 2.36. The van der Waals surface area contributed by atoms with Crippen molar-refractivity contribution >= 4 is 5.91 Å². The summed E-state index contributed by atoms with van der Waals surface area (Å²) in [7, 11) is 1.59. The van der Waals surface area contributed by atoms with Crippen LogP contribution in [-0.4, -0.2) is 41.1 Å². The summed E-state index contributed by atoms with van der Waals surface area (Å²) in [5.41, 5.74) is 1.74. The van der Waals surface area contributed by atoms with Crippen LogP contribution in [0.5, 0.6) is 5.75 Å². The van der Waals surface area contributed by atoms with Gasteiger partial charge in [-0.05, 0) is 30.3 Å². The van der Waals surface area contributed by atoms with Gasteiger partial charge in [0, 0.05) is 18.7 Å².